The molecule has 1 heterocycles. The Morgan fingerprint density at radius 1 is 1.47 bits per heavy atom. The summed E-state index contributed by atoms with van der Waals surface area (Å²) >= 11 is 0. The Kier molecular flexibility index (Phi) is 3.21. The zero-order chi connectivity index (χ0) is 10.7. The first-order valence-corrected chi connectivity index (χ1v) is 5.39. The van der Waals surface area contributed by atoms with Crippen molar-refractivity contribution in [2.24, 2.45) is 0 Å². The fraction of sp³-hybridized carbons (Fsp3) is 0.500. The van der Waals surface area contributed by atoms with Gasteiger partial charge in [0.1, 0.15) is 12.4 Å². The molecule has 1 fully saturated rings. The molecule has 0 radical (unpaired) electrons. The standard InChI is InChI=1S/C12H16FNO/c13-8-9-3-4-12(15)10(6-9)7-11-2-1-5-14-11/h3-4,6,11,14-15H,1-2,5,7-8H2. The van der Waals surface area contributed by atoms with Crippen molar-refractivity contribution in [2.45, 2.75) is 32.0 Å². The molecule has 0 amide bonds. The summed E-state index contributed by atoms with van der Waals surface area (Å²) in [6.07, 6.45) is 3.12. The third-order valence-corrected chi connectivity index (χ3v) is 2.93. The molecule has 2 N–H and O–H groups in total. The van der Waals surface area contributed by atoms with Gasteiger partial charge in [-0.2, -0.15) is 0 Å². The van der Waals surface area contributed by atoms with Gasteiger partial charge >= 0.3 is 0 Å². The van der Waals surface area contributed by atoms with E-state index in [1.165, 1.54) is 6.42 Å². The van der Waals surface area contributed by atoms with Gasteiger partial charge in [-0.05, 0) is 49.1 Å². The van der Waals surface area contributed by atoms with Crippen molar-refractivity contribution in [2.75, 3.05) is 6.54 Å². The van der Waals surface area contributed by atoms with Gasteiger partial charge in [-0.1, -0.05) is 6.07 Å². The van der Waals surface area contributed by atoms with Crippen molar-refractivity contribution in [1.82, 2.24) is 5.32 Å². The van der Waals surface area contributed by atoms with Crippen LogP contribution in [0.5, 0.6) is 5.75 Å². The van der Waals surface area contributed by atoms with E-state index in [0.717, 1.165) is 24.9 Å². The Labute approximate surface area is 89.1 Å². The highest BCUT2D eigenvalue weighted by atomic mass is 19.1. The number of nitrogens with one attached hydrogen (secondary N) is 1. The van der Waals surface area contributed by atoms with E-state index < -0.39 is 6.67 Å². The predicted molar refractivity (Wildman–Crippen MR) is 57.6 cm³/mol. The number of halogens is 1. The highest BCUT2D eigenvalue weighted by Crippen LogP contribution is 2.22. The molecule has 1 aromatic rings. The smallest absolute Gasteiger partial charge is 0.118 e. The number of hydrogen-bond donors (Lipinski definition) is 2. The van der Waals surface area contributed by atoms with E-state index in [4.69, 9.17) is 0 Å². The number of phenolic OH excluding ortho intramolecular Hbond substituents is 1. The molecule has 0 bridgehead atoms. The molecule has 0 spiro atoms. The Bertz CT molecular complexity index is 334. The topological polar surface area (TPSA) is 32.3 Å². The number of rotatable bonds is 3. The molecule has 1 unspecified atom stereocenters. The lowest BCUT2D eigenvalue weighted by atomic mass is 10.0. The largest absolute Gasteiger partial charge is 0.508 e. The van der Waals surface area contributed by atoms with E-state index in [9.17, 15) is 9.50 Å². The minimum Gasteiger partial charge on any atom is -0.508 e. The second kappa shape index (κ2) is 4.62. The van der Waals surface area contributed by atoms with E-state index in [1.807, 2.05) is 0 Å². The molecule has 1 saturated heterocycles. The predicted octanol–water partition coefficient (Wildman–Crippen LogP) is 2.16. The van der Waals surface area contributed by atoms with Gasteiger partial charge in [-0.15, -0.1) is 0 Å². The van der Waals surface area contributed by atoms with Gasteiger partial charge in [0.2, 0.25) is 0 Å². The van der Waals surface area contributed by atoms with Gasteiger partial charge in [0, 0.05) is 6.04 Å². The van der Waals surface area contributed by atoms with Crippen LogP contribution in [0.4, 0.5) is 4.39 Å². The third-order valence-electron chi connectivity index (χ3n) is 2.93. The van der Waals surface area contributed by atoms with Crippen LogP contribution in [0.15, 0.2) is 18.2 Å². The van der Waals surface area contributed by atoms with E-state index in [1.54, 1.807) is 18.2 Å². The molecule has 15 heavy (non-hydrogen) atoms. The van der Waals surface area contributed by atoms with Crippen LogP contribution >= 0.6 is 0 Å². The van der Waals surface area contributed by atoms with Crippen molar-refractivity contribution in [3.05, 3.63) is 29.3 Å². The van der Waals surface area contributed by atoms with Crippen LogP contribution in [0.1, 0.15) is 24.0 Å². The molecule has 0 aromatic heterocycles. The van der Waals surface area contributed by atoms with E-state index >= 15 is 0 Å². The van der Waals surface area contributed by atoms with Crippen molar-refractivity contribution < 1.29 is 9.50 Å². The van der Waals surface area contributed by atoms with Crippen molar-refractivity contribution >= 4 is 0 Å². The molecule has 1 aliphatic rings. The first-order chi connectivity index (χ1) is 7.29. The monoisotopic (exact) mass is 209 g/mol. The van der Waals surface area contributed by atoms with Crippen LogP contribution in [0.3, 0.4) is 0 Å². The Morgan fingerprint density at radius 2 is 2.33 bits per heavy atom. The molecule has 3 heteroatoms. The molecular formula is C12H16FNO. The zero-order valence-electron chi connectivity index (χ0n) is 8.67. The van der Waals surface area contributed by atoms with Crippen LogP contribution in [0.2, 0.25) is 0 Å². The summed E-state index contributed by atoms with van der Waals surface area (Å²) in [5.74, 6) is 0.279. The highest BCUT2D eigenvalue weighted by molar-refractivity contribution is 5.36. The average Bonchev–Trinajstić information content (AvgIpc) is 2.74. The number of benzene rings is 1. The average molecular weight is 209 g/mol. The van der Waals surface area contributed by atoms with Gasteiger partial charge in [-0.3, -0.25) is 0 Å². The lowest BCUT2D eigenvalue weighted by Crippen LogP contribution is -2.23. The number of hydrogen-bond acceptors (Lipinski definition) is 2. The maximum absolute atomic E-state index is 12.5. The first-order valence-electron chi connectivity index (χ1n) is 5.39. The maximum atomic E-state index is 12.5. The molecule has 82 valence electrons. The van der Waals surface area contributed by atoms with Gasteiger partial charge in [-0.25, -0.2) is 4.39 Å². The minimum atomic E-state index is -0.467. The molecule has 1 aromatic carbocycles. The molecule has 0 saturated carbocycles. The van der Waals surface area contributed by atoms with Crippen LogP contribution in [0.25, 0.3) is 0 Å². The molecule has 2 nitrogen and oxygen atoms in total. The fourth-order valence-corrected chi connectivity index (χ4v) is 2.08. The highest BCUT2D eigenvalue weighted by Gasteiger charge is 2.16. The van der Waals surface area contributed by atoms with E-state index in [0.29, 0.717) is 11.6 Å². The summed E-state index contributed by atoms with van der Waals surface area (Å²) in [5, 5.41) is 13.0. The normalized spacial score (nSPS) is 20.7. The number of aromatic hydroxyl groups is 1. The second-order valence-corrected chi connectivity index (χ2v) is 4.09. The van der Waals surface area contributed by atoms with Crippen molar-refractivity contribution in [3.8, 4) is 5.75 Å². The fourth-order valence-electron chi connectivity index (χ4n) is 2.08. The van der Waals surface area contributed by atoms with Crippen LogP contribution in [-0.2, 0) is 13.1 Å². The molecule has 0 aliphatic carbocycles. The lowest BCUT2D eigenvalue weighted by Gasteiger charge is -2.12. The van der Waals surface area contributed by atoms with Gasteiger partial charge in [0.15, 0.2) is 0 Å². The van der Waals surface area contributed by atoms with Gasteiger partial charge < -0.3 is 10.4 Å². The van der Waals surface area contributed by atoms with Crippen LogP contribution in [0, 0.1) is 0 Å². The summed E-state index contributed by atoms with van der Waals surface area (Å²) in [5.41, 5.74) is 1.49. The summed E-state index contributed by atoms with van der Waals surface area (Å²) in [6, 6.07) is 5.40. The van der Waals surface area contributed by atoms with Crippen LogP contribution < -0.4 is 5.32 Å². The molecule has 1 atom stereocenters. The SMILES string of the molecule is Oc1ccc(CF)cc1CC1CCCN1. The summed E-state index contributed by atoms with van der Waals surface area (Å²) in [4.78, 5) is 0. The minimum absolute atomic E-state index is 0.279. The van der Waals surface area contributed by atoms with Crippen LogP contribution in [-0.4, -0.2) is 17.7 Å². The third kappa shape index (κ3) is 2.48. The summed E-state index contributed by atoms with van der Waals surface area (Å²) < 4.78 is 12.5. The Balaban J connectivity index is 2.11. The molecular weight excluding hydrogens is 193 g/mol. The van der Waals surface area contributed by atoms with E-state index in [-0.39, 0.29) is 5.75 Å². The van der Waals surface area contributed by atoms with Crippen molar-refractivity contribution in [3.63, 3.8) is 0 Å². The molecule has 1 aliphatic heterocycles. The lowest BCUT2D eigenvalue weighted by molar-refractivity contribution is 0.457. The zero-order valence-corrected chi connectivity index (χ0v) is 8.67. The quantitative estimate of drug-likeness (QED) is 0.799. The summed E-state index contributed by atoms with van der Waals surface area (Å²) in [6.45, 7) is 0.583. The van der Waals surface area contributed by atoms with Gasteiger partial charge in [0.05, 0.1) is 0 Å². The number of alkyl halides is 1. The Hall–Kier alpha value is -1.09. The van der Waals surface area contributed by atoms with E-state index in [2.05, 4.69) is 5.32 Å². The van der Waals surface area contributed by atoms with Gasteiger partial charge in [0.25, 0.3) is 0 Å². The first kappa shape index (κ1) is 10.4. The Morgan fingerprint density at radius 3 is 3.00 bits per heavy atom. The maximum Gasteiger partial charge on any atom is 0.118 e. The van der Waals surface area contributed by atoms with Crippen molar-refractivity contribution in [1.29, 1.82) is 0 Å². The summed E-state index contributed by atoms with van der Waals surface area (Å²) in [7, 11) is 0. The molecule has 2 rings (SSSR count). The second-order valence-electron chi connectivity index (χ2n) is 4.09. The number of phenols is 1.